The van der Waals surface area contributed by atoms with Gasteiger partial charge in [0.2, 0.25) is 0 Å². The van der Waals surface area contributed by atoms with Crippen LogP contribution in [0.15, 0.2) is 29.3 Å². The van der Waals surface area contributed by atoms with E-state index in [-0.39, 0.29) is 36.3 Å². The molecule has 1 fully saturated rings. The lowest BCUT2D eigenvalue weighted by Gasteiger charge is -2.21. The average molecular weight is 473 g/mol. The van der Waals surface area contributed by atoms with Crippen LogP contribution in [0.2, 0.25) is 0 Å². The summed E-state index contributed by atoms with van der Waals surface area (Å²) in [5.41, 5.74) is 6.41. The van der Waals surface area contributed by atoms with Crippen LogP contribution >= 0.6 is 24.0 Å². The fourth-order valence-electron chi connectivity index (χ4n) is 2.58. The molecule has 0 aromatic heterocycles. The normalized spacial score (nSPS) is 17.4. The summed E-state index contributed by atoms with van der Waals surface area (Å²) in [7, 11) is 0. The second kappa shape index (κ2) is 10.0. The Balaban J connectivity index is 0.00000312. The lowest BCUT2D eigenvalue weighted by Crippen LogP contribution is -2.38. The van der Waals surface area contributed by atoms with Crippen molar-refractivity contribution in [3.05, 3.63) is 29.8 Å². The molecule has 0 bridgehead atoms. The molecule has 1 aliphatic heterocycles. The van der Waals surface area contributed by atoms with Gasteiger partial charge in [-0.15, -0.1) is 37.1 Å². The Morgan fingerprint density at radius 3 is 2.24 bits per heavy atom. The highest BCUT2D eigenvalue weighted by Crippen LogP contribution is 2.24. The lowest BCUT2D eigenvalue weighted by molar-refractivity contribution is -0.274. The molecule has 1 unspecified atom stereocenters. The quantitative estimate of drug-likeness (QED) is 0.400. The summed E-state index contributed by atoms with van der Waals surface area (Å²) in [6.45, 7) is 1.77. The summed E-state index contributed by atoms with van der Waals surface area (Å²) < 4.78 is 40.1. The first kappa shape index (κ1) is 21.8. The molecular formula is C16H23F3IN3O2. The van der Waals surface area contributed by atoms with Crippen molar-refractivity contribution in [1.82, 2.24) is 4.90 Å². The number of rotatable bonds is 4. The number of guanidine groups is 1. The van der Waals surface area contributed by atoms with E-state index in [1.54, 1.807) is 0 Å². The minimum atomic E-state index is -4.73. The lowest BCUT2D eigenvalue weighted by atomic mass is 10.1. The van der Waals surface area contributed by atoms with Crippen LogP contribution in [0.25, 0.3) is 0 Å². The van der Waals surface area contributed by atoms with Crippen LogP contribution in [-0.4, -0.2) is 42.0 Å². The third-order valence-corrected chi connectivity index (χ3v) is 3.85. The molecule has 25 heavy (non-hydrogen) atoms. The number of halogens is 4. The summed E-state index contributed by atoms with van der Waals surface area (Å²) in [5, 5.41) is 10.1. The van der Waals surface area contributed by atoms with Gasteiger partial charge in [0.05, 0.1) is 12.6 Å². The van der Waals surface area contributed by atoms with E-state index in [4.69, 9.17) is 5.73 Å². The molecule has 1 aromatic carbocycles. The zero-order valence-electron chi connectivity index (χ0n) is 13.7. The van der Waals surface area contributed by atoms with Crippen LogP contribution in [0.1, 0.15) is 37.4 Å². The van der Waals surface area contributed by atoms with Gasteiger partial charge in [-0.3, -0.25) is 4.99 Å². The van der Waals surface area contributed by atoms with Gasteiger partial charge in [-0.1, -0.05) is 25.0 Å². The van der Waals surface area contributed by atoms with E-state index in [1.807, 2.05) is 4.90 Å². The summed E-state index contributed by atoms with van der Waals surface area (Å²) >= 11 is 0. The third-order valence-electron chi connectivity index (χ3n) is 3.85. The maximum absolute atomic E-state index is 12.1. The van der Waals surface area contributed by atoms with Gasteiger partial charge in [-0.2, -0.15) is 0 Å². The molecule has 0 aliphatic carbocycles. The molecule has 3 N–H and O–H groups in total. The molecule has 142 valence electrons. The number of ether oxygens (including phenoxy) is 1. The van der Waals surface area contributed by atoms with Crippen LogP contribution < -0.4 is 10.5 Å². The Hall–Kier alpha value is -1.23. The fourth-order valence-corrected chi connectivity index (χ4v) is 2.58. The number of hydrogen-bond acceptors (Lipinski definition) is 3. The SMILES string of the molecule is I.NC(=NCC(O)c1ccc(OC(F)(F)F)cc1)N1CCCCCC1. The number of hydrogen-bond donors (Lipinski definition) is 2. The Labute approximate surface area is 162 Å². The number of likely N-dealkylation sites (tertiary alicyclic amines) is 1. The zero-order chi connectivity index (χ0) is 17.6. The molecule has 1 atom stereocenters. The van der Waals surface area contributed by atoms with Crippen LogP contribution in [0, 0.1) is 0 Å². The predicted octanol–water partition coefficient (Wildman–Crippen LogP) is 3.43. The first-order chi connectivity index (χ1) is 11.3. The van der Waals surface area contributed by atoms with Crippen LogP contribution in [0.3, 0.4) is 0 Å². The summed E-state index contributed by atoms with van der Waals surface area (Å²) in [6, 6.07) is 5.08. The van der Waals surface area contributed by atoms with E-state index in [2.05, 4.69) is 9.73 Å². The number of alkyl halides is 3. The minimum absolute atomic E-state index is 0. The van der Waals surface area contributed by atoms with Crippen LogP contribution in [-0.2, 0) is 0 Å². The van der Waals surface area contributed by atoms with E-state index < -0.39 is 12.5 Å². The van der Waals surface area contributed by atoms with Crippen LogP contribution in [0.4, 0.5) is 13.2 Å². The number of nitrogens with zero attached hydrogens (tertiary/aromatic N) is 2. The van der Waals surface area contributed by atoms with Gasteiger partial charge in [0.25, 0.3) is 0 Å². The fraction of sp³-hybridized carbons (Fsp3) is 0.562. The molecule has 0 amide bonds. The predicted molar refractivity (Wildman–Crippen MR) is 100 cm³/mol. The Bertz CT molecular complexity index is 545. The maximum Gasteiger partial charge on any atom is 0.573 e. The number of aliphatic imine (C=N–C) groups is 1. The second-order valence-electron chi connectivity index (χ2n) is 5.73. The Morgan fingerprint density at radius 1 is 1.16 bits per heavy atom. The van der Waals surface area contributed by atoms with Crippen molar-refractivity contribution in [2.45, 2.75) is 38.1 Å². The van der Waals surface area contributed by atoms with Gasteiger partial charge in [0.15, 0.2) is 5.96 Å². The zero-order valence-corrected chi connectivity index (χ0v) is 16.0. The minimum Gasteiger partial charge on any atom is -0.406 e. The molecule has 9 heteroatoms. The summed E-state index contributed by atoms with van der Waals surface area (Å²) in [4.78, 5) is 6.21. The molecule has 0 spiro atoms. The first-order valence-electron chi connectivity index (χ1n) is 7.94. The topological polar surface area (TPSA) is 71.1 Å². The molecule has 1 aliphatic rings. The van der Waals surface area contributed by atoms with E-state index in [0.717, 1.165) is 38.1 Å². The van der Waals surface area contributed by atoms with Crippen molar-refractivity contribution >= 4 is 29.9 Å². The monoisotopic (exact) mass is 473 g/mol. The number of nitrogens with two attached hydrogens (primary N) is 1. The van der Waals surface area contributed by atoms with Gasteiger partial charge in [0.1, 0.15) is 5.75 Å². The van der Waals surface area contributed by atoms with Crippen LogP contribution in [0.5, 0.6) is 5.75 Å². The van der Waals surface area contributed by atoms with Gasteiger partial charge in [-0.05, 0) is 30.5 Å². The average Bonchev–Trinajstić information content (AvgIpc) is 2.80. The van der Waals surface area contributed by atoms with Crippen molar-refractivity contribution in [3.8, 4) is 5.75 Å². The highest BCUT2D eigenvalue weighted by Gasteiger charge is 2.31. The smallest absolute Gasteiger partial charge is 0.406 e. The Kier molecular flexibility index (Phi) is 8.77. The number of aliphatic hydroxyl groups is 1. The molecule has 0 radical (unpaired) electrons. The molecule has 5 nitrogen and oxygen atoms in total. The molecule has 1 saturated heterocycles. The summed E-state index contributed by atoms with van der Waals surface area (Å²) in [6.07, 6.45) is -1.17. The molecule has 0 saturated carbocycles. The van der Waals surface area contributed by atoms with E-state index in [1.165, 1.54) is 25.0 Å². The second-order valence-corrected chi connectivity index (χ2v) is 5.73. The number of benzene rings is 1. The first-order valence-corrected chi connectivity index (χ1v) is 7.94. The van der Waals surface area contributed by atoms with E-state index >= 15 is 0 Å². The van der Waals surface area contributed by atoms with Crippen molar-refractivity contribution in [1.29, 1.82) is 0 Å². The summed E-state index contributed by atoms with van der Waals surface area (Å²) in [5.74, 6) is 0.0685. The molecule has 1 heterocycles. The largest absolute Gasteiger partial charge is 0.573 e. The van der Waals surface area contributed by atoms with E-state index in [9.17, 15) is 18.3 Å². The number of aliphatic hydroxyl groups excluding tert-OH is 1. The molecule has 1 aromatic rings. The van der Waals surface area contributed by atoms with E-state index in [0.29, 0.717) is 11.5 Å². The third kappa shape index (κ3) is 7.68. The van der Waals surface area contributed by atoms with Gasteiger partial charge >= 0.3 is 6.36 Å². The highest BCUT2D eigenvalue weighted by atomic mass is 127. The highest BCUT2D eigenvalue weighted by molar-refractivity contribution is 14.0. The van der Waals surface area contributed by atoms with Gasteiger partial charge in [0, 0.05) is 13.1 Å². The Morgan fingerprint density at radius 2 is 1.72 bits per heavy atom. The van der Waals surface area contributed by atoms with Crippen molar-refractivity contribution < 1.29 is 23.0 Å². The standard InChI is InChI=1S/C16H22F3N3O2.HI/c17-16(18,19)24-13-7-5-12(6-8-13)14(23)11-21-15(20)22-9-3-1-2-4-10-22;/h5-8,14,23H,1-4,9-11H2,(H2,20,21);1H. The molecular weight excluding hydrogens is 450 g/mol. The van der Waals surface area contributed by atoms with Crippen molar-refractivity contribution in [2.24, 2.45) is 10.7 Å². The van der Waals surface area contributed by atoms with Crippen molar-refractivity contribution in [2.75, 3.05) is 19.6 Å². The molecule has 2 rings (SSSR count). The van der Waals surface area contributed by atoms with Gasteiger partial charge in [-0.25, -0.2) is 0 Å². The maximum atomic E-state index is 12.1. The van der Waals surface area contributed by atoms with Crippen molar-refractivity contribution in [3.63, 3.8) is 0 Å². The van der Waals surface area contributed by atoms with Gasteiger partial charge < -0.3 is 20.5 Å².